The Morgan fingerprint density at radius 2 is 2.04 bits per heavy atom. The molecule has 1 atom stereocenters. The molecule has 1 aromatic heterocycles. The highest BCUT2D eigenvalue weighted by molar-refractivity contribution is 7.89. The number of rotatable bonds is 8. The van der Waals surface area contributed by atoms with Crippen molar-refractivity contribution in [2.24, 2.45) is 0 Å². The van der Waals surface area contributed by atoms with E-state index in [1.807, 2.05) is 29.1 Å². The van der Waals surface area contributed by atoms with Gasteiger partial charge in [-0.1, -0.05) is 12.1 Å². The fourth-order valence-electron chi connectivity index (χ4n) is 3.27. The zero-order valence-electron chi connectivity index (χ0n) is 15.3. The van der Waals surface area contributed by atoms with Gasteiger partial charge in [-0.25, -0.2) is 13.1 Å². The van der Waals surface area contributed by atoms with E-state index in [2.05, 4.69) is 26.9 Å². The van der Waals surface area contributed by atoms with E-state index in [0.717, 1.165) is 31.1 Å². The molecule has 142 valence electrons. The first kappa shape index (κ1) is 18.9. The first-order chi connectivity index (χ1) is 12.5. The molecule has 26 heavy (non-hydrogen) atoms. The van der Waals surface area contributed by atoms with E-state index >= 15 is 0 Å². The summed E-state index contributed by atoms with van der Waals surface area (Å²) in [7, 11) is -1.49. The van der Waals surface area contributed by atoms with Crippen molar-refractivity contribution in [3.05, 3.63) is 47.8 Å². The molecule has 8 heteroatoms. The molecule has 0 radical (unpaired) electrons. The molecule has 1 aliphatic rings. The lowest BCUT2D eigenvalue weighted by atomic mass is 10.1. The average Bonchev–Trinajstić information content (AvgIpc) is 3.11. The lowest BCUT2D eigenvalue weighted by molar-refractivity contribution is 0.162. The van der Waals surface area contributed by atoms with Crippen LogP contribution in [0.25, 0.3) is 0 Å². The SMILES string of the molecule is CCS(=O)(=O)NCC[C@H]1CN(Cc2ccc(OC)cc2)Cc2ccnn21. The molecular weight excluding hydrogens is 352 g/mol. The van der Waals surface area contributed by atoms with Gasteiger partial charge in [-0.05, 0) is 37.1 Å². The van der Waals surface area contributed by atoms with Gasteiger partial charge in [0.15, 0.2) is 0 Å². The van der Waals surface area contributed by atoms with Gasteiger partial charge in [0.1, 0.15) is 5.75 Å². The van der Waals surface area contributed by atoms with Crippen molar-refractivity contribution in [1.82, 2.24) is 19.4 Å². The fraction of sp³-hybridized carbons (Fsp3) is 0.500. The van der Waals surface area contributed by atoms with E-state index in [1.54, 1.807) is 14.0 Å². The number of fused-ring (bicyclic) bond motifs is 1. The van der Waals surface area contributed by atoms with E-state index < -0.39 is 10.0 Å². The van der Waals surface area contributed by atoms with E-state index in [1.165, 1.54) is 5.56 Å². The molecule has 0 spiro atoms. The first-order valence-corrected chi connectivity index (χ1v) is 10.5. The summed E-state index contributed by atoms with van der Waals surface area (Å²) in [6.07, 6.45) is 2.53. The Kier molecular flexibility index (Phi) is 5.95. The van der Waals surface area contributed by atoms with Crippen LogP contribution in [0.4, 0.5) is 0 Å². The number of hydrogen-bond donors (Lipinski definition) is 1. The van der Waals surface area contributed by atoms with Crippen molar-refractivity contribution < 1.29 is 13.2 Å². The minimum Gasteiger partial charge on any atom is -0.497 e. The van der Waals surface area contributed by atoms with E-state index in [9.17, 15) is 8.42 Å². The Labute approximate surface area is 155 Å². The number of methoxy groups -OCH3 is 1. The maximum atomic E-state index is 11.6. The first-order valence-electron chi connectivity index (χ1n) is 8.85. The van der Waals surface area contributed by atoms with Gasteiger partial charge in [0, 0.05) is 32.4 Å². The van der Waals surface area contributed by atoms with Crippen molar-refractivity contribution in [3.8, 4) is 5.75 Å². The van der Waals surface area contributed by atoms with Crippen LogP contribution in [0.3, 0.4) is 0 Å². The quantitative estimate of drug-likeness (QED) is 0.758. The zero-order chi connectivity index (χ0) is 18.6. The lowest BCUT2D eigenvalue weighted by Gasteiger charge is -2.34. The largest absolute Gasteiger partial charge is 0.497 e. The standard InChI is InChI=1S/C18H26N4O3S/c1-3-26(23,24)20-11-9-17-14-21(13-16-8-10-19-22(16)17)12-15-4-6-18(25-2)7-5-15/h4-8,10,17,20H,3,9,11-14H2,1-2H3/t17-/m0/s1. The third-order valence-corrected chi connectivity index (χ3v) is 6.10. The Bertz CT molecular complexity index is 817. The summed E-state index contributed by atoms with van der Waals surface area (Å²) >= 11 is 0. The van der Waals surface area contributed by atoms with Crippen molar-refractivity contribution in [3.63, 3.8) is 0 Å². The second-order valence-corrected chi connectivity index (χ2v) is 8.62. The summed E-state index contributed by atoms with van der Waals surface area (Å²) in [4.78, 5) is 2.37. The monoisotopic (exact) mass is 378 g/mol. The Hall–Kier alpha value is -1.90. The molecule has 3 rings (SSSR count). The number of hydrogen-bond acceptors (Lipinski definition) is 5. The molecule has 1 aliphatic heterocycles. The normalized spacial score (nSPS) is 17.8. The predicted molar refractivity (Wildman–Crippen MR) is 100 cm³/mol. The third kappa shape index (κ3) is 4.63. The molecule has 0 saturated heterocycles. The van der Waals surface area contributed by atoms with Crippen LogP contribution in [0.2, 0.25) is 0 Å². The number of nitrogens with one attached hydrogen (secondary N) is 1. The summed E-state index contributed by atoms with van der Waals surface area (Å²) in [5.74, 6) is 0.959. The van der Waals surface area contributed by atoms with E-state index in [0.29, 0.717) is 13.0 Å². The topological polar surface area (TPSA) is 76.5 Å². The number of nitrogens with zero attached hydrogens (tertiary/aromatic N) is 3. The Morgan fingerprint density at radius 1 is 1.27 bits per heavy atom. The number of sulfonamides is 1. The van der Waals surface area contributed by atoms with Gasteiger partial charge in [0.25, 0.3) is 0 Å². The van der Waals surface area contributed by atoms with Gasteiger partial charge in [-0.3, -0.25) is 9.58 Å². The second-order valence-electron chi connectivity index (χ2n) is 6.53. The van der Waals surface area contributed by atoms with Crippen LogP contribution in [-0.4, -0.2) is 49.1 Å². The highest BCUT2D eigenvalue weighted by Gasteiger charge is 2.25. The van der Waals surface area contributed by atoms with Crippen molar-refractivity contribution in [2.75, 3.05) is 26.0 Å². The zero-order valence-corrected chi connectivity index (χ0v) is 16.1. The van der Waals surface area contributed by atoms with Gasteiger partial charge >= 0.3 is 0 Å². The maximum absolute atomic E-state index is 11.6. The van der Waals surface area contributed by atoms with Crippen LogP contribution in [0.15, 0.2) is 36.5 Å². The Morgan fingerprint density at radius 3 is 2.73 bits per heavy atom. The molecule has 0 unspecified atom stereocenters. The molecule has 0 saturated carbocycles. The summed E-state index contributed by atoms with van der Waals surface area (Å²) in [5, 5.41) is 4.43. The van der Waals surface area contributed by atoms with Gasteiger partial charge in [0.2, 0.25) is 10.0 Å². The van der Waals surface area contributed by atoms with Crippen LogP contribution in [-0.2, 0) is 23.1 Å². The molecule has 2 aromatic rings. The van der Waals surface area contributed by atoms with Crippen LogP contribution in [0, 0.1) is 0 Å². The summed E-state index contributed by atoms with van der Waals surface area (Å²) in [5.41, 5.74) is 2.39. The molecule has 1 N–H and O–H groups in total. The molecule has 0 fully saturated rings. The molecule has 0 aliphatic carbocycles. The van der Waals surface area contributed by atoms with Crippen LogP contribution >= 0.6 is 0 Å². The van der Waals surface area contributed by atoms with E-state index in [-0.39, 0.29) is 11.8 Å². The summed E-state index contributed by atoms with van der Waals surface area (Å²) in [6.45, 7) is 4.59. The van der Waals surface area contributed by atoms with Gasteiger partial charge in [0.05, 0.1) is 24.6 Å². The maximum Gasteiger partial charge on any atom is 0.211 e. The predicted octanol–water partition coefficient (Wildman–Crippen LogP) is 1.78. The number of ether oxygens (including phenoxy) is 1. The summed E-state index contributed by atoms with van der Waals surface area (Å²) in [6, 6.07) is 10.3. The summed E-state index contributed by atoms with van der Waals surface area (Å²) < 4.78 is 33.2. The second kappa shape index (κ2) is 8.20. The average molecular weight is 378 g/mol. The van der Waals surface area contributed by atoms with E-state index in [4.69, 9.17) is 4.74 Å². The van der Waals surface area contributed by atoms with Crippen LogP contribution < -0.4 is 9.46 Å². The third-order valence-electron chi connectivity index (χ3n) is 4.70. The van der Waals surface area contributed by atoms with Gasteiger partial charge < -0.3 is 4.74 Å². The molecule has 0 bridgehead atoms. The number of aromatic nitrogens is 2. The van der Waals surface area contributed by atoms with Crippen LogP contribution in [0.1, 0.15) is 30.6 Å². The van der Waals surface area contributed by atoms with Gasteiger partial charge in [-0.2, -0.15) is 5.10 Å². The minimum atomic E-state index is -3.16. The smallest absolute Gasteiger partial charge is 0.211 e. The fourth-order valence-corrected chi connectivity index (χ4v) is 3.90. The molecule has 2 heterocycles. The lowest BCUT2D eigenvalue weighted by Crippen LogP contribution is -2.39. The minimum absolute atomic E-state index is 0.105. The molecule has 7 nitrogen and oxygen atoms in total. The van der Waals surface area contributed by atoms with Crippen molar-refractivity contribution in [2.45, 2.75) is 32.5 Å². The van der Waals surface area contributed by atoms with Gasteiger partial charge in [-0.15, -0.1) is 0 Å². The molecular formula is C18H26N4O3S. The van der Waals surface area contributed by atoms with Crippen molar-refractivity contribution >= 4 is 10.0 Å². The van der Waals surface area contributed by atoms with Crippen molar-refractivity contribution in [1.29, 1.82) is 0 Å². The highest BCUT2D eigenvalue weighted by atomic mass is 32.2. The highest BCUT2D eigenvalue weighted by Crippen LogP contribution is 2.24. The number of benzene rings is 1. The Balaban J connectivity index is 1.64. The molecule has 0 amide bonds. The molecule has 1 aromatic carbocycles. The van der Waals surface area contributed by atoms with Crippen LogP contribution in [0.5, 0.6) is 5.75 Å².